The van der Waals surface area contributed by atoms with E-state index in [9.17, 15) is 14.9 Å². The summed E-state index contributed by atoms with van der Waals surface area (Å²) in [7, 11) is 0. The number of rotatable bonds is 4. The first-order valence-corrected chi connectivity index (χ1v) is 6.58. The average molecular weight is 332 g/mol. The number of carbonyl (C=O) groups is 1. The highest BCUT2D eigenvalue weighted by Gasteiger charge is 2.07. The van der Waals surface area contributed by atoms with Gasteiger partial charge in [0.15, 0.2) is 5.78 Å². The standard InChI is InChI=1S/C15H10BrNO3/c16-13-3-1-2-11(10-13)4-9-15(18)12-5-7-14(8-6-12)17(19)20/h1-10H. The maximum absolute atomic E-state index is 11.9. The summed E-state index contributed by atoms with van der Waals surface area (Å²) in [5.41, 5.74) is 1.29. The van der Waals surface area contributed by atoms with Crippen LogP contribution in [0.25, 0.3) is 6.08 Å². The Morgan fingerprint density at radius 3 is 2.45 bits per heavy atom. The number of ketones is 1. The molecule has 0 heterocycles. The molecule has 0 aliphatic heterocycles. The zero-order chi connectivity index (χ0) is 14.5. The van der Waals surface area contributed by atoms with Crippen LogP contribution in [0.2, 0.25) is 0 Å². The number of carbonyl (C=O) groups excluding carboxylic acids is 1. The van der Waals surface area contributed by atoms with E-state index in [1.54, 1.807) is 6.08 Å². The van der Waals surface area contributed by atoms with Gasteiger partial charge in [-0.25, -0.2) is 0 Å². The van der Waals surface area contributed by atoms with E-state index in [0.29, 0.717) is 5.56 Å². The van der Waals surface area contributed by atoms with Gasteiger partial charge in [0.1, 0.15) is 0 Å². The molecule has 0 amide bonds. The summed E-state index contributed by atoms with van der Waals surface area (Å²) in [6.07, 6.45) is 3.15. The van der Waals surface area contributed by atoms with Crippen molar-refractivity contribution in [3.8, 4) is 0 Å². The lowest BCUT2D eigenvalue weighted by atomic mass is 10.1. The van der Waals surface area contributed by atoms with E-state index in [1.165, 1.54) is 30.3 Å². The third-order valence-electron chi connectivity index (χ3n) is 2.64. The van der Waals surface area contributed by atoms with Crippen LogP contribution < -0.4 is 0 Å². The predicted octanol–water partition coefficient (Wildman–Crippen LogP) is 4.25. The average Bonchev–Trinajstić information content (AvgIpc) is 2.45. The van der Waals surface area contributed by atoms with Gasteiger partial charge in [0.05, 0.1) is 4.92 Å². The van der Waals surface area contributed by atoms with Gasteiger partial charge < -0.3 is 0 Å². The molecule has 0 fully saturated rings. The van der Waals surface area contributed by atoms with Gasteiger partial charge in [-0.3, -0.25) is 14.9 Å². The molecule has 0 unspecified atom stereocenters. The van der Waals surface area contributed by atoms with Gasteiger partial charge in [0.2, 0.25) is 0 Å². The van der Waals surface area contributed by atoms with E-state index in [2.05, 4.69) is 15.9 Å². The van der Waals surface area contributed by atoms with Crippen LogP contribution in [0.1, 0.15) is 15.9 Å². The molecular formula is C15H10BrNO3. The van der Waals surface area contributed by atoms with Crippen LogP contribution in [0, 0.1) is 10.1 Å². The molecule has 0 bridgehead atoms. The summed E-state index contributed by atoms with van der Waals surface area (Å²) in [6.45, 7) is 0. The number of nitro groups is 1. The monoisotopic (exact) mass is 331 g/mol. The van der Waals surface area contributed by atoms with Crippen molar-refractivity contribution < 1.29 is 9.72 Å². The van der Waals surface area contributed by atoms with E-state index >= 15 is 0 Å². The zero-order valence-electron chi connectivity index (χ0n) is 10.3. The number of benzene rings is 2. The SMILES string of the molecule is O=C(C=Cc1cccc(Br)c1)c1ccc([N+](=O)[O-])cc1. The molecule has 100 valence electrons. The second-order valence-electron chi connectivity index (χ2n) is 4.06. The van der Waals surface area contributed by atoms with Crippen molar-refractivity contribution in [1.29, 1.82) is 0 Å². The molecule has 2 aromatic carbocycles. The van der Waals surface area contributed by atoms with Crippen LogP contribution in [0.3, 0.4) is 0 Å². The van der Waals surface area contributed by atoms with Crippen molar-refractivity contribution >= 4 is 33.5 Å². The quantitative estimate of drug-likeness (QED) is 0.364. The van der Waals surface area contributed by atoms with E-state index in [4.69, 9.17) is 0 Å². The van der Waals surface area contributed by atoms with E-state index in [1.807, 2.05) is 24.3 Å². The molecule has 0 N–H and O–H groups in total. The minimum absolute atomic E-state index is 0.0301. The van der Waals surface area contributed by atoms with Crippen LogP contribution in [0.4, 0.5) is 5.69 Å². The zero-order valence-corrected chi connectivity index (χ0v) is 11.9. The predicted molar refractivity (Wildman–Crippen MR) is 80.6 cm³/mol. The fraction of sp³-hybridized carbons (Fsp3) is 0. The highest BCUT2D eigenvalue weighted by molar-refractivity contribution is 9.10. The fourth-order valence-electron chi connectivity index (χ4n) is 1.63. The minimum atomic E-state index is -0.494. The molecule has 4 nitrogen and oxygen atoms in total. The van der Waals surface area contributed by atoms with Crippen molar-refractivity contribution in [3.63, 3.8) is 0 Å². The summed E-state index contributed by atoms with van der Waals surface area (Å²) in [5.74, 6) is -0.195. The Kier molecular flexibility index (Phi) is 4.42. The Bertz CT molecular complexity index is 678. The Hall–Kier alpha value is -2.27. The first-order chi connectivity index (χ1) is 9.56. The Morgan fingerprint density at radius 1 is 1.15 bits per heavy atom. The molecule has 0 saturated heterocycles. The highest BCUT2D eigenvalue weighted by atomic mass is 79.9. The molecule has 0 saturated carbocycles. The molecular weight excluding hydrogens is 322 g/mol. The largest absolute Gasteiger partial charge is 0.289 e. The molecule has 2 rings (SSSR count). The van der Waals surface area contributed by atoms with Crippen LogP contribution in [-0.2, 0) is 0 Å². The highest BCUT2D eigenvalue weighted by Crippen LogP contribution is 2.15. The smallest absolute Gasteiger partial charge is 0.269 e. The van der Waals surface area contributed by atoms with Crippen LogP contribution in [0.5, 0.6) is 0 Å². The van der Waals surface area contributed by atoms with Crippen molar-refractivity contribution in [2.24, 2.45) is 0 Å². The number of nitrogens with zero attached hydrogens (tertiary/aromatic N) is 1. The van der Waals surface area contributed by atoms with E-state index in [-0.39, 0.29) is 11.5 Å². The lowest BCUT2D eigenvalue weighted by Gasteiger charge is -1.97. The third kappa shape index (κ3) is 3.61. The van der Waals surface area contributed by atoms with Crippen molar-refractivity contribution in [2.45, 2.75) is 0 Å². The van der Waals surface area contributed by atoms with Crippen LogP contribution >= 0.6 is 15.9 Å². The van der Waals surface area contributed by atoms with Crippen molar-refractivity contribution in [3.05, 3.63) is 80.3 Å². The molecule has 5 heteroatoms. The molecule has 0 aliphatic carbocycles. The summed E-state index contributed by atoms with van der Waals surface area (Å²) in [4.78, 5) is 21.9. The van der Waals surface area contributed by atoms with E-state index in [0.717, 1.165) is 10.0 Å². The van der Waals surface area contributed by atoms with Gasteiger partial charge in [-0.05, 0) is 35.9 Å². The molecule has 2 aromatic rings. The number of hydrogen-bond donors (Lipinski definition) is 0. The molecule has 0 radical (unpaired) electrons. The van der Waals surface area contributed by atoms with Crippen LogP contribution in [0.15, 0.2) is 59.1 Å². The molecule has 20 heavy (non-hydrogen) atoms. The Balaban J connectivity index is 2.13. The first-order valence-electron chi connectivity index (χ1n) is 5.79. The lowest BCUT2D eigenvalue weighted by molar-refractivity contribution is -0.384. The van der Waals surface area contributed by atoms with Gasteiger partial charge in [0.25, 0.3) is 5.69 Å². The summed E-state index contributed by atoms with van der Waals surface area (Å²) in [6, 6.07) is 13.1. The van der Waals surface area contributed by atoms with Crippen molar-refractivity contribution in [1.82, 2.24) is 0 Å². The number of nitro benzene ring substituents is 1. The Morgan fingerprint density at radius 2 is 1.85 bits per heavy atom. The van der Waals surface area contributed by atoms with Gasteiger partial charge in [-0.2, -0.15) is 0 Å². The second-order valence-corrected chi connectivity index (χ2v) is 4.97. The lowest BCUT2D eigenvalue weighted by Crippen LogP contribution is -1.95. The molecule has 0 aromatic heterocycles. The topological polar surface area (TPSA) is 60.2 Å². The normalized spacial score (nSPS) is 10.7. The van der Waals surface area contributed by atoms with Gasteiger partial charge in [0, 0.05) is 22.2 Å². The molecule has 0 atom stereocenters. The number of non-ortho nitro benzene ring substituents is 1. The molecule has 0 aliphatic rings. The Labute approximate surface area is 124 Å². The maximum Gasteiger partial charge on any atom is 0.269 e. The van der Waals surface area contributed by atoms with Gasteiger partial charge in [-0.1, -0.05) is 34.1 Å². The minimum Gasteiger partial charge on any atom is -0.289 e. The summed E-state index contributed by atoms with van der Waals surface area (Å²) < 4.78 is 0.933. The van der Waals surface area contributed by atoms with Crippen molar-refractivity contribution in [2.75, 3.05) is 0 Å². The van der Waals surface area contributed by atoms with Crippen LogP contribution in [-0.4, -0.2) is 10.7 Å². The second kappa shape index (κ2) is 6.25. The summed E-state index contributed by atoms with van der Waals surface area (Å²) >= 11 is 3.35. The van der Waals surface area contributed by atoms with Gasteiger partial charge >= 0.3 is 0 Å². The fourth-order valence-corrected chi connectivity index (χ4v) is 2.04. The third-order valence-corrected chi connectivity index (χ3v) is 3.13. The van der Waals surface area contributed by atoms with Gasteiger partial charge in [-0.15, -0.1) is 0 Å². The van der Waals surface area contributed by atoms with E-state index < -0.39 is 4.92 Å². The number of allylic oxidation sites excluding steroid dienone is 1. The number of hydrogen-bond acceptors (Lipinski definition) is 3. The maximum atomic E-state index is 11.9. The first kappa shape index (κ1) is 14.1. The summed E-state index contributed by atoms with van der Waals surface area (Å²) in [5, 5.41) is 10.5. The number of halogens is 1. The molecule has 0 spiro atoms.